The average molecular weight is 365 g/mol. The van der Waals surface area contributed by atoms with Crippen molar-refractivity contribution in [3.8, 4) is 5.69 Å². The van der Waals surface area contributed by atoms with Gasteiger partial charge in [-0.15, -0.1) is 12.4 Å². The molecule has 0 radical (unpaired) electrons. The molecule has 6 heteroatoms. The Bertz CT molecular complexity index is 724. The maximum Gasteiger partial charge on any atom is 0.222 e. The van der Waals surface area contributed by atoms with Gasteiger partial charge in [0.2, 0.25) is 5.91 Å². The molecule has 1 aromatic heterocycles. The Morgan fingerprint density at radius 2 is 1.92 bits per heavy atom. The summed E-state index contributed by atoms with van der Waals surface area (Å²) in [7, 11) is 1.84. The average Bonchev–Trinajstić information content (AvgIpc) is 2.81. The van der Waals surface area contributed by atoms with Gasteiger partial charge in [0.15, 0.2) is 0 Å². The molecule has 1 aromatic carbocycles. The zero-order valence-electron chi connectivity index (χ0n) is 15.7. The van der Waals surface area contributed by atoms with Gasteiger partial charge >= 0.3 is 0 Å². The van der Waals surface area contributed by atoms with Gasteiger partial charge < -0.3 is 10.6 Å². The number of rotatable bonds is 6. The van der Waals surface area contributed by atoms with E-state index in [1.807, 2.05) is 37.7 Å². The molecule has 5 nitrogen and oxygen atoms in total. The van der Waals surface area contributed by atoms with Crippen LogP contribution in [-0.2, 0) is 11.3 Å². The van der Waals surface area contributed by atoms with Gasteiger partial charge in [-0.1, -0.05) is 18.2 Å². The van der Waals surface area contributed by atoms with Crippen LogP contribution in [0.5, 0.6) is 0 Å². The fourth-order valence-electron chi connectivity index (χ4n) is 2.81. The maximum atomic E-state index is 12.2. The summed E-state index contributed by atoms with van der Waals surface area (Å²) in [4.78, 5) is 14.0. The van der Waals surface area contributed by atoms with Gasteiger partial charge in [0.1, 0.15) is 0 Å². The maximum absolute atomic E-state index is 12.2. The summed E-state index contributed by atoms with van der Waals surface area (Å²) in [6.45, 7) is 8.63. The summed E-state index contributed by atoms with van der Waals surface area (Å²) in [6, 6.07) is 8.23. The minimum absolute atomic E-state index is 0. The first-order valence-electron chi connectivity index (χ1n) is 8.42. The molecule has 0 aliphatic carbocycles. The SMILES string of the molecule is Cc1ccccc1-n1nc(C)c(CN(C)C(=O)CCC(C)N)c1C.Cl. The molecule has 0 aliphatic rings. The lowest BCUT2D eigenvalue weighted by molar-refractivity contribution is -0.130. The molecule has 0 saturated heterocycles. The van der Waals surface area contributed by atoms with Gasteiger partial charge in [-0.25, -0.2) is 4.68 Å². The van der Waals surface area contributed by atoms with Crippen molar-refractivity contribution in [2.45, 2.75) is 53.1 Å². The molecule has 1 amide bonds. The first-order valence-corrected chi connectivity index (χ1v) is 8.42. The van der Waals surface area contributed by atoms with Gasteiger partial charge in [-0.2, -0.15) is 5.10 Å². The highest BCUT2D eigenvalue weighted by Gasteiger charge is 2.18. The predicted octanol–water partition coefficient (Wildman–Crippen LogP) is 3.31. The van der Waals surface area contributed by atoms with E-state index in [2.05, 4.69) is 31.1 Å². The van der Waals surface area contributed by atoms with E-state index in [0.29, 0.717) is 19.4 Å². The quantitative estimate of drug-likeness (QED) is 0.855. The van der Waals surface area contributed by atoms with Crippen LogP contribution >= 0.6 is 12.4 Å². The molecule has 1 heterocycles. The second kappa shape index (κ2) is 9.02. The van der Waals surface area contributed by atoms with Crippen LogP contribution in [0.1, 0.15) is 42.3 Å². The Hall–Kier alpha value is -1.85. The summed E-state index contributed by atoms with van der Waals surface area (Å²) >= 11 is 0. The number of halogens is 1. The molecule has 0 bridgehead atoms. The third-order valence-corrected chi connectivity index (χ3v) is 4.42. The minimum atomic E-state index is 0. The van der Waals surface area contributed by atoms with E-state index in [0.717, 1.165) is 22.6 Å². The van der Waals surface area contributed by atoms with Crippen LogP contribution in [0.2, 0.25) is 0 Å². The topological polar surface area (TPSA) is 64.2 Å². The lowest BCUT2D eigenvalue weighted by Gasteiger charge is -2.18. The Balaban J connectivity index is 0.00000312. The lowest BCUT2D eigenvalue weighted by Crippen LogP contribution is -2.28. The monoisotopic (exact) mass is 364 g/mol. The van der Waals surface area contributed by atoms with Crippen molar-refractivity contribution in [2.24, 2.45) is 5.73 Å². The molecule has 25 heavy (non-hydrogen) atoms. The summed E-state index contributed by atoms with van der Waals surface area (Å²) in [6.07, 6.45) is 1.20. The Morgan fingerprint density at radius 3 is 2.52 bits per heavy atom. The normalized spacial score (nSPS) is 11.8. The largest absolute Gasteiger partial charge is 0.341 e. The zero-order chi connectivity index (χ0) is 17.9. The number of nitrogens with zero attached hydrogens (tertiary/aromatic N) is 3. The second-order valence-electron chi connectivity index (χ2n) is 6.61. The summed E-state index contributed by atoms with van der Waals surface area (Å²) in [5.41, 5.74) is 11.1. The van der Waals surface area contributed by atoms with E-state index < -0.39 is 0 Å². The number of hydrogen-bond donors (Lipinski definition) is 1. The number of carbonyl (C=O) groups excluding carboxylic acids is 1. The number of carbonyl (C=O) groups is 1. The number of aryl methyl sites for hydroxylation is 2. The number of para-hydroxylation sites is 1. The zero-order valence-corrected chi connectivity index (χ0v) is 16.6. The van der Waals surface area contributed by atoms with Gasteiger partial charge in [0, 0.05) is 37.3 Å². The molecule has 0 saturated carbocycles. The van der Waals surface area contributed by atoms with Crippen molar-refractivity contribution in [2.75, 3.05) is 7.05 Å². The summed E-state index contributed by atoms with van der Waals surface area (Å²) < 4.78 is 1.97. The van der Waals surface area contributed by atoms with Crippen LogP contribution in [0.4, 0.5) is 0 Å². The molecule has 2 N–H and O–H groups in total. The molecular formula is C19H29ClN4O. The number of nitrogens with two attached hydrogens (primary N) is 1. The van der Waals surface area contributed by atoms with E-state index in [9.17, 15) is 4.79 Å². The van der Waals surface area contributed by atoms with Crippen LogP contribution in [0.15, 0.2) is 24.3 Å². The third kappa shape index (κ3) is 5.06. The number of benzene rings is 1. The molecule has 2 aromatic rings. The highest BCUT2D eigenvalue weighted by molar-refractivity contribution is 5.85. The van der Waals surface area contributed by atoms with Gasteiger partial charge in [-0.05, 0) is 45.7 Å². The van der Waals surface area contributed by atoms with Gasteiger partial charge in [-0.3, -0.25) is 4.79 Å². The Kier molecular flexibility index (Phi) is 7.64. The van der Waals surface area contributed by atoms with Crippen molar-refractivity contribution in [3.05, 3.63) is 46.8 Å². The predicted molar refractivity (Wildman–Crippen MR) is 104 cm³/mol. The van der Waals surface area contributed by atoms with Crippen LogP contribution in [-0.4, -0.2) is 33.7 Å². The number of hydrogen-bond acceptors (Lipinski definition) is 3. The fraction of sp³-hybridized carbons (Fsp3) is 0.474. The molecule has 0 aliphatic heterocycles. The van der Waals surface area contributed by atoms with Crippen LogP contribution < -0.4 is 5.73 Å². The van der Waals surface area contributed by atoms with E-state index >= 15 is 0 Å². The first-order chi connectivity index (χ1) is 11.3. The molecule has 138 valence electrons. The Morgan fingerprint density at radius 1 is 1.28 bits per heavy atom. The molecule has 1 unspecified atom stereocenters. The molecule has 0 spiro atoms. The minimum Gasteiger partial charge on any atom is -0.341 e. The fourth-order valence-corrected chi connectivity index (χ4v) is 2.81. The van der Waals surface area contributed by atoms with Crippen molar-refractivity contribution in [3.63, 3.8) is 0 Å². The van der Waals surface area contributed by atoms with Crippen LogP contribution in [0, 0.1) is 20.8 Å². The lowest BCUT2D eigenvalue weighted by atomic mass is 10.1. The van der Waals surface area contributed by atoms with Crippen molar-refractivity contribution in [1.82, 2.24) is 14.7 Å². The molecule has 2 rings (SSSR count). The van der Waals surface area contributed by atoms with Crippen LogP contribution in [0.25, 0.3) is 5.69 Å². The van der Waals surface area contributed by atoms with Crippen LogP contribution in [0.3, 0.4) is 0 Å². The smallest absolute Gasteiger partial charge is 0.222 e. The summed E-state index contributed by atoms with van der Waals surface area (Å²) in [5.74, 6) is 0.120. The van der Waals surface area contributed by atoms with Crippen molar-refractivity contribution < 1.29 is 4.79 Å². The first kappa shape index (κ1) is 21.2. The van der Waals surface area contributed by atoms with Crippen molar-refractivity contribution in [1.29, 1.82) is 0 Å². The van der Waals surface area contributed by atoms with Gasteiger partial charge in [0.05, 0.1) is 11.4 Å². The van der Waals surface area contributed by atoms with E-state index in [-0.39, 0.29) is 24.4 Å². The third-order valence-electron chi connectivity index (χ3n) is 4.42. The number of amides is 1. The standard InChI is InChI=1S/C19H28N4O.ClH/c1-13-8-6-7-9-18(13)23-16(4)17(15(3)21-23)12-22(5)19(24)11-10-14(2)20;/h6-9,14H,10-12,20H2,1-5H3;1H. The second-order valence-corrected chi connectivity index (χ2v) is 6.61. The van der Waals surface area contributed by atoms with Gasteiger partial charge in [0.25, 0.3) is 0 Å². The number of aromatic nitrogens is 2. The van der Waals surface area contributed by atoms with Crippen molar-refractivity contribution >= 4 is 18.3 Å². The van der Waals surface area contributed by atoms with E-state index in [4.69, 9.17) is 5.73 Å². The Labute approximate surface area is 156 Å². The van der Waals surface area contributed by atoms with E-state index in [1.165, 1.54) is 5.56 Å². The molecular weight excluding hydrogens is 336 g/mol. The highest BCUT2D eigenvalue weighted by atomic mass is 35.5. The molecule has 0 fully saturated rings. The molecule has 1 atom stereocenters. The summed E-state index contributed by atoms with van der Waals surface area (Å²) in [5, 5.41) is 4.69. The highest BCUT2D eigenvalue weighted by Crippen LogP contribution is 2.21. The van der Waals surface area contributed by atoms with E-state index in [1.54, 1.807) is 4.90 Å².